The number of nitrogens with one attached hydrogen (secondary N) is 1. The van der Waals surface area contributed by atoms with Gasteiger partial charge in [0.1, 0.15) is 0 Å². The second kappa shape index (κ2) is 6.89. The lowest BCUT2D eigenvalue weighted by Gasteiger charge is -2.15. The molecule has 0 aliphatic carbocycles. The monoisotopic (exact) mass is 187 g/mol. The number of esters is 1. The van der Waals surface area contributed by atoms with Gasteiger partial charge in [0, 0.05) is 12.6 Å². The molecule has 0 unspecified atom stereocenters. The number of hydrogen-bond donors (Lipinski definition) is 1. The van der Waals surface area contributed by atoms with Crippen LogP contribution in [0, 0.1) is 5.92 Å². The fourth-order valence-corrected chi connectivity index (χ4v) is 1.20. The molecule has 0 aliphatic rings. The minimum absolute atomic E-state index is 0.0516. The van der Waals surface area contributed by atoms with E-state index in [9.17, 15) is 4.79 Å². The van der Waals surface area contributed by atoms with Crippen molar-refractivity contribution in [1.82, 2.24) is 5.32 Å². The zero-order chi connectivity index (χ0) is 10.3. The van der Waals surface area contributed by atoms with Crippen LogP contribution in [0.3, 0.4) is 0 Å². The normalized spacial score (nSPS) is 15.1. The van der Waals surface area contributed by atoms with Crippen LogP contribution in [-0.2, 0) is 9.53 Å². The molecule has 13 heavy (non-hydrogen) atoms. The van der Waals surface area contributed by atoms with Crippen LogP contribution in [0.25, 0.3) is 0 Å². The van der Waals surface area contributed by atoms with E-state index in [2.05, 4.69) is 23.9 Å². The van der Waals surface area contributed by atoms with Crippen LogP contribution in [-0.4, -0.2) is 25.7 Å². The van der Waals surface area contributed by atoms with Gasteiger partial charge in [-0.1, -0.05) is 20.3 Å². The van der Waals surface area contributed by atoms with Gasteiger partial charge in [0.2, 0.25) is 0 Å². The van der Waals surface area contributed by atoms with E-state index >= 15 is 0 Å². The molecule has 0 saturated heterocycles. The molecule has 0 aromatic heterocycles. The Labute approximate surface area is 80.8 Å². The van der Waals surface area contributed by atoms with Crippen LogP contribution in [0.1, 0.15) is 33.6 Å². The SMILES string of the molecule is CCC[C@@H](C)NC[C@H](C)C(=O)OC. The molecule has 0 amide bonds. The molecular formula is C10H21NO2. The number of ether oxygens (including phenoxy) is 1. The van der Waals surface area contributed by atoms with Gasteiger partial charge in [0.25, 0.3) is 0 Å². The van der Waals surface area contributed by atoms with Gasteiger partial charge in [-0.25, -0.2) is 0 Å². The molecule has 0 bridgehead atoms. The van der Waals surface area contributed by atoms with Crippen molar-refractivity contribution in [2.75, 3.05) is 13.7 Å². The molecule has 0 heterocycles. The van der Waals surface area contributed by atoms with Crippen LogP contribution in [0.2, 0.25) is 0 Å². The standard InChI is InChI=1S/C10H21NO2/c1-5-6-9(3)11-7-8(2)10(12)13-4/h8-9,11H,5-7H2,1-4H3/t8-,9+/m0/s1. The van der Waals surface area contributed by atoms with E-state index in [-0.39, 0.29) is 11.9 Å². The number of carbonyl (C=O) groups is 1. The summed E-state index contributed by atoms with van der Waals surface area (Å²) >= 11 is 0. The molecule has 0 aliphatic heterocycles. The van der Waals surface area contributed by atoms with Crippen molar-refractivity contribution in [2.24, 2.45) is 5.92 Å². The molecule has 0 aromatic carbocycles. The summed E-state index contributed by atoms with van der Waals surface area (Å²) in [4.78, 5) is 11.0. The summed E-state index contributed by atoms with van der Waals surface area (Å²) in [5.41, 5.74) is 0. The molecule has 3 heteroatoms. The van der Waals surface area contributed by atoms with Crippen molar-refractivity contribution in [3.8, 4) is 0 Å². The summed E-state index contributed by atoms with van der Waals surface area (Å²) in [5, 5.41) is 3.30. The average molecular weight is 187 g/mol. The van der Waals surface area contributed by atoms with Crippen molar-refractivity contribution < 1.29 is 9.53 Å². The lowest BCUT2D eigenvalue weighted by Crippen LogP contribution is -2.33. The van der Waals surface area contributed by atoms with Gasteiger partial charge in [0.05, 0.1) is 13.0 Å². The third-order valence-corrected chi connectivity index (χ3v) is 2.10. The predicted molar refractivity (Wildman–Crippen MR) is 53.6 cm³/mol. The van der Waals surface area contributed by atoms with Crippen molar-refractivity contribution in [3.63, 3.8) is 0 Å². The Balaban J connectivity index is 3.56. The first-order valence-corrected chi connectivity index (χ1v) is 4.93. The highest BCUT2D eigenvalue weighted by Crippen LogP contribution is 1.99. The van der Waals surface area contributed by atoms with Gasteiger partial charge in [-0.2, -0.15) is 0 Å². The third-order valence-electron chi connectivity index (χ3n) is 2.10. The minimum Gasteiger partial charge on any atom is -0.469 e. The molecule has 0 fully saturated rings. The van der Waals surface area contributed by atoms with Gasteiger partial charge in [-0.05, 0) is 13.3 Å². The molecule has 0 rings (SSSR count). The highest BCUT2D eigenvalue weighted by Gasteiger charge is 2.13. The fourth-order valence-electron chi connectivity index (χ4n) is 1.20. The maximum absolute atomic E-state index is 11.0. The summed E-state index contributed by atoms with van der Waals surface area (Å²) in [7, 11) is 1.42. The van der Waals surface area contributed by atoms with Crippen LogP contribution < -0.4 is 5.32 Å². The van der Waals surface area contributed by atoms with Crippen LogP contribution in [0.5, 0.6) is 0 Å². The highest BCUT2D eigenvalue weighted by molar-refractivity contribution is 5.72. The molecule has 0 saturated carbocycles. The lowest BCUT2D eigenvalue weighted by atomic mass is 10.1. The molecule has 0 spiro atoms. The van der Waals surface area contributed by atoms with Crippen molar-refractivity contribution in [2.45, 2.75) is 39.7 Å². The molecular weight excluding hydrogens is 166 g/mol. The van der Waals surface area contributed by atoms with Crippen molar-refractivity contribution in [3.05, 3.63) is 0 Å². The summed E-state index contributed by atoms with van der Waals surface area (Å²) in [6, 6.07) is 0.483. The Hall–Kier alpha value is -0.570. The zero-order valence-electron chi connectivity index (χ0n) is 9.09. The van der Waals surface area contributed by atoms with Crippen molar-refractivity contribution >= 4 is 5.97 Å². The average Bonchev–Trinajstić information content (AvgIpc) is 2.13. The second-order valence-electron chi connectivity index (χ2n) is 3.52. The molecule has 3 nitrogen and oxygen atoms in total. The minimum atomic E-state index is -0.142. The first-order valence-electron chi connectivity index (χ1n) is 4.93. The van der Waals surface area contributed by atoms with E-state index < -0.39 is 0 Å². The summed E-state index contributed by atoms with van der Waals surface area (Å²) < 4.78 is 4.63. The zero-order valence-corrected chi connectivity index (χ0v) is 9.09. The van der Waals surface area contributed by atoms with Gasteiger partial charge >= 0.3 is 5.97 Å². The molecule has 1 N–H and O–H groups in total. The van der Waals surface area contributed by atoms with Crippen molar-refractivity contribution in [1.29, 1.82) is 0 Å². The Morgan fingerprint density at radius 1 is 1.46 bits per heavy atom. The van der Waals surface area contributed by atoms with Crippen LogP contribution in [0.4, 0.5) is 0 Å². The first-order chi connectivity index (χ1) is 6.11. The number of hydrogen-bond acceptors (Lipinski definition) is 3. The van der Waals surface area contributed by atoms with E-state index in [1.807, 2.05) is 6.92 Å². The first kappa shape index (κ1) is 12.4. The number of methoxy groups -OCH3 is 1. The number of rotatable bonds is 6. The van der Waals surface area contributed by atoms with Gasteiger partial charge in [0.15, 0.2) is 0 Å². The smallest absolute Gasteiger partial charge is 0.309 e. The van der Waals surface area contributed by atoms with Gasteiger partial charge in [-0.15, -0.1) is 0 Å². The molecule has 0 aromatic rings. The largest absolute Gasteiger partial charge is 0.469 e. The van der Waals surface area contributed by atoms with Gasteiger partial charge in [-0.3, -0.25) is 4.79 Å². The Kier molecular flexibility index (Phi) is 6.59. The van der Waals surface area contributed by atoms with E-state index in [0.717, 1.165) is 6.42 Å². The van der Waals surface area contributed by atoms with E-state index in [1.165, 1.54) is 13.5 Å². The Morgan fingerprint density at radius 2 is 2.08 bits per heavy atom. The number of carbonyl (C=O) groups excluding carboxylic acids is 1. The summed E-state index contributed by atoms with van der Waals surface area (Å²) in [6.07, 6.45) is 2.31. The third kappa shape index (κ3) is 5.64. The maximum Gasteiger partial charge on any atom is 0.309 e. The lowest BCUT2D eigenvalue weighted by molar-refractivity contribution is -0.144. The highest BCUT2D eigenvalue weighted by atomic mass is 16.5. The van der Waals surface area contributed by atoms with Crippen LogP contribution >= 0.6 is 0 Å². The van der Waals surface area contributed by atoms with E-state index in [1.54, 1.807) is 0 Å². The molecule has 78 valence electrons. The Morgan fingerprint density at radius 3 is 2.54 bits per heavy atom. The van der Waals surface area contributed by atoms with E-state index in [4.69, 9.17) is 0 Å². The van der Waals surface area contributed by atoms with E-state index in [0.29, 0.717) is 12.6 Å². The van der Waals surface area contributed by atoms with Crippen LogP contribution in [0.15, 0.2) is 0 Å². The molecule has 0 radical (unpaired) electrons. The molecule has 2 atom stereocenters. The fraction of sp³-hybridized carbons (Fsp3) is 0.900. The topological polar surface area (TPSA) is 38.3 Å². The Bertz CT molecular complexity index is 148. The summed E-state index contributed by atoms with van der Waals surface area (Å²) in [5.74, 6) is -0.194. The summed E-state index contributed by atoms with van der Waals surface area (Å²) in [6.45, 7) is 6.86. The predicted octanol–water partition coefficient (Wildman–Crippen LogP) is 1.57. The maximum atomic E-state index is 11.0. The second-order valence-corrected chi connectivity index (χ2v) is 3.52. The quantitative estimate of drug-likeness (QED) is 0.641. The van der Waals surface area contributed by atoms with Gasteiger partial charge < -0.3 is 10.1 Å².